The number of carbonyl (C=O) groups excluding carboxylic acids is 1. The molecule has 0 radical (unpaired) electrons. The fourth-order valence-electron chi connectivity index (χ4n) is 1.29. The molecular formula is C10H6F3N3O2. The zero-order valence-electron chi connectivity index (χ0n) is 8.73. The molecule has 0 aliphatic carbocycles. The Labute approximate surface area is 98.6 Å². The van der Waals surface area contributed by atoms with Crippen molar-refractivity contribution in [2.45, 2.75) is 6.36 Å². The number of rotatable bonds is 3. The summed E-state index contributed by atoms with van der Waals surface area (Å²) >= 11 is 0. The molecule has 8 heteroatoms. The van der Waals surface area contributed by atoms with Crippen LogP contribution in [0.25, 0.3) is 0 Å². The first-order valence-electron chi connectivity index (χ1n) is 4.71. The van der Waals surface area contributed by atoms with Gasteiger partial charge in [0.05, 0.1) is 0 Å². The number of alkyl halides is 3. The molecule has 0 aliphatic heterocycles. The Bertz CT molecular complexity index is 552. The normalized spacial score (nSPS) is 11.3. The molecule has 1 heterocycles. The van der Waals surface area contributed by atoms with Gasteiger partial charge in [0.15, 0.2) is 5.82 Å². The Morgan fingerprint density at radius 2 is 2.11 bits per heavy atom. The maximum atomic E-state index is 12.0. The third kappa shape index (κ3) is 2.84. The van der Waals surface area contributed by atoms with Gasteiger partial charge in [-0.1, -0.05) is 12.1 Å². The van der Waals surface area contributed by atoms with Crippen LogP contribution in [0.3, 0.4) is 0 Å². The number of benzene rings is 1. The molecule has 1 N–H and O–H groups in total. The number of halogens is 3. The third-order valence-electron chi connectivity index (χ3n) is 1.96. The second-order valence-electron chi connectivity index (χ2n) is 3.24. The Hall–Kier alpha value is -2.38. The lowest BCUT2D eigenvalue weighted by molar-refractivity contribution is -0.274. The van der Waals surface area contributed by atoms with Crippen LogP contribution in [0.5, 0.6) is 5.75 Å². The van der Waals surface area contributed by atoms with Crippen LogP contribution in [-0.2, 0) is 0 Å². The summed E-state index contributed by atoms with van der Waals surface area (Å²) in [6.45, 7) is 0. The number of hydrogen-bond donors (Lipinski definition) is 1. The van der Waals surface area contributed by atoms with Crippen LogP contribution in [-0.4, -0.2) is 27.3 Å². The minimum atomic E-state index is -4.80. The van der Waals surface area contributed by atoms with Crippen molar-refractivity contribution >= 4 is 5.78 Å². The van der Waals surface area contributed by atoms with E-state index in [2.05, 4.69) is 19.9 Å². The first-order valence-corrected chi connectivity index (χ1v) is 4.71. The molecule has 1 aromatic heterocycles. The SMILES string of the molecule is O=C(c1cccc(OC(F)(F)F)c1)c1ncn[nH]1. The summed E-state index contributed by atoms with van der Waals surface area (Å²) in [5.41, 5.74) is 0.0218. The van der Waals surface area contributed by atoms with Crippen LogP contribution in [0.4, 0.5) is 13.2 Å². The van der Waals surface area contributed by atoms with Crippen LogP contribution >= 0.6 is 0 Å². The van der Waals surface area contributed by atoms with E-state index in [1.54, 1.807) is 0 Å². The summed E-state index contributed by atoms with van der Waals surface area (Å²) in [5, 5.41) is 5.81. The van der Waals surface area contributed by atoms with Crippen molar-refractivity contribution in [3.8, 4) is 5.75 Å². The van der Waals surface area contributed by atoms with E-state index in [4.69, 9.17) is 0 Å². The maximum Gasteiger partial charge on any atom is 0.573 e. The topological polar surface area (TPSA) is 67.9 Å². The molecule has 0 aliphatic rings. The predicted octanol–water partition coefficient (Wildman–Crippen LogP) is 1.93. The smallest absolute Gasteiger partial charge is 0.406 e. The minimum absolute atomic E-state index is 0.0218. The van der Waals surface area contributed by atoms with Gasteiger partial charge in [-0.3, -0.25) is 9.89 Å². The van der Waals surface area contributed by atoms with E-state index in [-0.39, 0.29) is 11.4 Å². The van der Waals surface area contributed by atoms with Gasteiger partial charge in [0, 0.05) is 5.56 Å². The first kappa shape index (κ1) is 12.1. The number of nitrogens with one attached hydrogen (secondary N) is 1. The highest BCUT2D eigenvalue weighted by molar-refractivity contribution is 6.06. The number of aromatic amines is 1. The number of hydrogen-bond acceptors (Lipinski definition) is 4. The van der Waals surface area contributed by atoms with E-state index < -0.39 is 17.9 Å². The molecule has 0 unspecified atom stereocenters. The maximum absolute atomic E-state index is 12.0. The summed E-state index contributed by atoms with van der Waals surface area (Å²) < 4.78 is 39.7. The molecule has 0 saturated heterocycles. The highest BCUT2D eigenvalue weighted by atomic mass is 19.4. The minimum Gasteiger partial charge on any atom is -0.406 e. The van der Waals surface area contributed by atoms with Gasteiger partial charge in [0.2, 0.25) is 5.78 Å². The van der Waals surface area contributed by atoms with E-state index in [0.29, 0.717) is 0 Å². The van der Waals surface area contributed by atoms with Crippen LogP contribution in [0.2, 0.25) is 0 Å². The van der Waals surface area contributed by atoms with E-state index >= 15 is 0 Å². The number of ether oxygens (including phenoxy) is 1. The average molecular weight is 257 g/mol. The summed E-state index contributed by atoms with van der Waals surface area (Å²) in [4.78, 5) is 15.4. The Morgan fingerprint density at radius 3 is 2.72 bits per heavy atom. The van der Waals surface area contributed by atoms with E-state index in [1.807, 2.05) is 0 Å². The number of carbonyl (C=O) groups is 1. The zero-order chi connectivity index (χ0) is 13.2. The van der Waals surface area contributed by atoms with Gasteiger partial charge in [0.1, 0.15) is 12.1 Å². The molecule has 1 aromatic carbocycles. The molecule has 0 amide bonds. The van der Waals surface area contributed by atoms with Gasteiger partial charge in [-0.05, 0) is 12.1 Å². The van der Waals surface area contributed by atoms with E-state index in [9.17, 15) is 18.0 Å². The molecule has 2 rings (SSSR count). The lowest BCUT2D eigenvalue weighted by Gasteiger charge is -2.09. The highest BCUT2D eigenvalue weighted by Gasteiger charge is 2.31. The standard InChI is InChI=1S/C10H6F3N3O2/c11-10(12,13)18-7-3-1-2-6(4-7)8(17)9-14-5-15-16-9/h1-5H,(H,14,15,16). The zero-order valence-corrected chi connectivity index (χ0v) is 8.73. The predicted molar refractivity (Wildman–Crippen MR) is 52.9 cm³/mol. The quantitative estimate of drug-likeness (QED) is 0.853. The number of H-pyrrole nitrogens is 1. The van der Waals surface area contributed by atoms with Crippen molar-refractivity contribution in [2.24, 2.45) is 0 Å². The molecular weight excluding hydrogens is 251 g/mol. The monoisotopic (exact) mass is 257 g/mol. The second kappa shape index (κ2) is 4.47. The molecule has 18 heavy (non-hydrogen) atoms. The van der Waals surface area contributed by atoms with Gasteiger partial charge in [0.25, 0.3) is 0 Å². The number of nitrogens with zero attached hydrogens (tertiary/aromatic N) is 2. The molecule has 94 valence electrons. The van der Waals surface area contributed by atoms with Gasteiger partial charge in [-0.25, -0.2) is 4.98 Å². The molecule has 2 aromatic rings. The number of ketones is 1. The van der Waals surface area contributed by atoms with Gasteiger partial charge < -0.3 is 4.74 Å². The average Bonchev–Trinajstić information content (AvgIpc) is 2.79. The fraction of sp³-hybridized carbons (Fsp3) is 0.100. The second-order valence-corrected chi connectivity index (χ2v) is 3.24. The highest BCUT2D eigenvalue weighted by Crippen LogP contribution is 2.23. The molecule has 0 spiro atoms. The molecule has 5 nitrogen and oxygen atoms in total. The van der Waals surface area contributed by atoms with Crippen LogP contribution in [0.1, 0.15) is 16.2 Å². The Morgan fingerprint density at radius 1 is 1.33 bits per heavy atom. The number of aromatic nitrogens is 3. The van der Waals surface area contributed by atoms with E-state index in [1.165, 1.54) is 12.1 Å². The van der Waals surface area contributed by atoms with Gasteiger partial charge >= 0.3 is 6.36 Å². The van der Waals surface area contributed by atoms with Crippen molar-refractivity contribution in [1.82, 2.24) is 15.2 Å². The largest absolute Gasteiger partial charge is 0.573 e. The third-order valence-corrected chi connectivity index (χ3v) is 1.96. The molecule has 0 atom stereocenters. The molecule has 0 bridgehead atoms. The van der Waals surface area contributed by atoms with Crippen molar-refractivity contribution in [3.05, 3.63) is 42.0 Å². The van der Waals surface area contributed by atoms with Crippen LogP contribution < -0.4 is 4.74 Å². The Balaban J connectivity index is 2.25. The van der Waals surface area contributed by atoms with Crippen molar-refractivity contribution in [3.63, 3.8) is 0 Å². The first-order chi connectivity index (χ1) is 8.46. The van der Waals surface area contributed by atoms with E-state index in [0.717, 1.165) is 18.5 Å². The summed E-state index contributed by atoms with van der Waals surface area (Å²) in [7, 11) is 0. The fourth-order valence-corrected chi connectivity index (χ4v) is 1.29. The lowest BCUT2D eigenvalue weighted by atomic mass is 10.1. The van der Waals surface area contributed by atoms with Crippen molar-refractivity contribution in [2.75, 3.05) is 0 Å². The van der Waals surface area contributed by atoms with Crippen molar-refractivity contribution < 1.29 is 22.7 Å². The molecule has 0 fully saturated rings. The summed E-state index contributed by atoms with van der Waals surface area (Å²) in [6.07, 6.45) is -3.67. The van der Waals surface area contributed by atoms with Crippen molar-refractivity contribution in [1.29, 1.82) is 0 Å². The van der Waals surface area contributed by atoms with Gasteiger partial charge in [-0.2, -0.15) is 5.10 Å². The van der Waals surface area contributed by atoms with Gasteiger partial charge in [-0.15, -0.1) is 13.2 Å². The molecule has 0 saturated carbocycles. The van der Waals surface area contributed by atoms with Crippen LogP contribution in [0.15, 0.2) is 30.6 Å². The van der Waals surface area contributed by atoms with Crippen LogP contribution in [0, 0.1) is 0 Å². The summed E-state index contributed by atoms with van der Waals surface area (Å²) in [6, 6.07) is 4.72. The summed E-state index contributed by atoms with van der Waals surface area (Å²) in [5.74, 6) is -1.09. The Kier molecular flexibility index (Phi) is 3.00. The lowest BCUT2D eigenvalue weighted by Crippen LogP contribution is -2.17.